The van der Waals surface area contributed by atoms with Gasteiger partial charge in [-0.3, -0.25) is 4.79 Å². The Balaban J connectivity index is 1.98. The highest BCUT2D eigenvalue weighted by atomic mass is 32.1. The molecule has 2 heterocycles. The lowest BCUT2D eigenvalue weighted by atomic mass is 10.1. The molecule has 0 radical (unpaired) electrons. The molecule has 3 rings (SSSR count). The van der Waals surface area contributed by atoms with Crippen LogP contribution in [0.2, 0.25) is 0 Å². The summed E-state index contributed by atoms with van der Waals surface area (Å²) in [4.78, 5) is 21.8. The number of halogens is 1. The van der Waals surface area contributed by atoms with Crippen molar-refractivity contribution >= 4 is 17.2 Å². The fourth-order valence-electron chi connectivity index (χ4n) is 2.58. The summed E-state index contributed by atoms with van der Waals surface area (Å²) in [6.07, 6.45) is 3.44. The molecule has 7 heteroatoms. The molecule has 3 aromatic rings. The summed E-state index contributed by atoms with van der Waals surface area (Å²) in [6.45, 7) is 3.66. The van der Waals surface area contributed by atoms with Gasteiger partial charge in [-0.05, 0) is 31.5 Å². The largest absolute Gasteiger partial charge is 0.337 e. The molecule has 0 saturated heterocycles. The van der Waals surface area contributed by atoms with Crippen LogP contribution >= 0.6 is 11.3 Å². The van der Waals surface area contributed by atoms with Gasteiger partial charge in [-0.15, -0.1) is 11.3 Å². The number of carbonyl (C=O) groups excluding carboxylic acids is 1. The van der Waals surface area contributed by atoms with E-state index in [0.29, 0.717) is 22.0 Å². The first kappa shape index (κ1) is 16.3. The Hall–Kier alpha value is -2.54. The van der Waals surface area contributed by atoms with Crippen LogP contribution in [0.5, 0.6) is 0 Å². The number of hydrogen-bond donors (Lipinski definition) is 1. The SMILES string of the molecule is Cc1nc(C)c(C(=O)N[C@H](c2cccc(F)c2)c2nccn2C)s1. The minimum Gasteiger partial charge on any atom is -0.337 e. The van der Waals surface area contributed by atoms with Crippen molar-refractivity contribution in [3.63, 3.8) is 0 Å². The van der Waals surface area contributed by atoms with Crippen LogP contribution in [0, 0.1) is 19.7 Å². The topological polar surface area (TPSA) is 59.8 Å². The first-order valence-electron chi connectivity index (χ1n) is 7.43. The highest BCUT2D eigenvalue weighted by molar-refractivity contribution is 7.13. The van der Waals surface area contributed by atoms with E-state index in [1.54, 1.807) is 36.0 Å². The van der Waals surface area contributed by atoms with Gasteiger partial charge in [0.15, 0.2) is 0 Å². The van der Waals surface area contributed by atoms with Gasteiger partial charge in [-0.1, -0.05) is 12.1 Å². The molecule has 0 spiro atoms. The van der Waals surface area contributed by atoms with Crippen molar-refractivity contribution in [2.24, 2.45) is 7.05 Å². The zero-order valence-corrected chi connectivity index (χ0v) is 14.4. The number of nitrogens with one attached hydrogen (secondary N) is 1. The second-order valence-electron chi connectivity index (χ2n) is 5.51. The Kier molecular flexibility index (Phi) is 4.44. The molecule has 0 unspecified atom stereocenters. The standard InChI is InChI=1S/C17H17FN4OS/c1-10-15(24-11(2)20-10)17(23)21-14(16-19-7-8-22(16)3)12-5-4-6-13(18)9-12/h4-9,14H,1-3H3,(H,21,23)/t14-/m1/s1. The van der Waals surface area contributed by atoms with Crippen molar-refractivity contribution < 1.29 is 9.18 Å². The lowest BCUT2D eigenvalue weighted by molar-refractivity contribution is 0.0944. The molecule has 5 nitrogen and oxygen atoms in total. The second-order valence-corrected chi connectivity index (χ2v) is 6.71. The Morgan fingerprint density at radius 2 is 2.17 bits per heavy atom. The average Bonchev–Trinajstić information content (AvgIpc) is 3.10. The van der Waals surface area contributed by atoms with E-state index in [-0.39, 0.29) is 11.7 Å². The van der Waals surface area contributed by atoms with Gasteiger partial charge in [0.25, 0.3) is 5.91 Å². The fourth-order valence-corrected chi connectivity index (χ4v) is 3.40. The van der Waals surface area contributed by atoms with Crippen molar-refractivity contribution in [3.8, 4) is 0 Å². The van der Waals surface area contributed by atoms with E-state index in [4.69, 9.17) is 0 Å². The summed E-state index contributed by atoms with van der Waals surface area (Å²) >= 11 is 1.34. The molecule has 2 aromatic heterocycles. The van der Waals surface area contributed by atoms with E-state index >= 15 is 0 Å². The third-order valence-corrected chi connectivity index (χ3v) is 4.76. The van der Waals surface area contributed by atoms with Crippen LogP contribution in [0.15, 0.2) is 36.7 Å². The zero-order chi connectivity index (χ0) is 17.3. The van der Waals surface area contributed by atoms with Crippen LogP contribution in [0.1, 0.15) is 37.8 Å². The number of benzene rings is 1. The molecule has 1 amide bonds. The molecule has 0 saturated carbocycles. The van der Waals surface area contributed by atoms with E-state index < -0.39 is 6.04 Å². The van der Waals surface area contributed by atoms with E-state index in [0.717, 1.165) is 5.01 Å². The van der Waals surface area contributed by atoms with Crippen LogP contribution in [0.3, 0.4) is 0 Å². The molecule has 1 aromatic carbocycles. The number of amides is 1. The van der Waals surface area contributed by atoms with E-state index in [2.05, 4.69) is 15.3 Å². The van der Waals surface area contributed by atoms with E-state index in [1.807, 2.05) is 14.0 Å². The second kappa shape index (κ2) is 6.52. The molecule has 0 aliphatic carbocycles. The Morgan fingerprint density at radius 1 is 1.38 bits per heavy atom. The molecule has 1 atom stereocenters. The molecule has 0 aliphatic heterocycles. The van der Waals surface area contributed by atoms with Crippen LogP contribution in [-0.2, 0) is 7.05 Å². The number of thiazole rings is 1. The van der Waals surface area contributed by atoms with Gasteiger partial charge in [0, 0.05) is 19.4 Å². The summed E-state index contributed by atoms with van der Waals surface area (Å²) in [7, 11) is 1.84. The van der Waals surface area contributed by atoms with Crippen LogP contribution in [0.25, 0.3) is 0 Å². The smallest absolute Gasteiger partial charge is 0.264 e. The van der Waals surface area contributed by atoms with Crippen LogP contribution in [-0.4, -0.2) is 20.4 Å². The van der Waals surface area contributed by atoms with Crippen molar-refractivity contribution in [1.29, 1.82) is 0 Å². The summed E-state index contributed by atoms with van der Waals surface area (Å²) < 4.78 is 15.5. The predicted molar refractivity (Wildman–Crippen MR) is 90.5 cm³/mol. The lowest BCUT2D eigenvalue weighted by Crippen LogP contribution is -2.31. The summed E-state index contributed by atoms with van der Waals surface area (Å²) in [5, 5.41) is 3.79. The molecule has 124 valence electrons. The van der Waals surface area contributed by atoms with Crippen LogP contribution in [0.4, 0.5) is 4.39 Å². The monoisotopic (exact) mass is 344 g/mol. The fraction of sp³-hybridized carbons (Fsp3) is 0.235. The number of imidazole rings is 1. The minimum absolute atomic E-state index is 0.240. The number of aryl methyl sites for hydroxylation is 3. The van der Waals surface area contributed by atoms with Crippen molar-refractivity contribution in [2.45, 2.75) is 19.9 Å². The molecule has 1 N–H and O–H groups in total. The number of rotatable bonds is 4. The van der Waals surface area contributed by atoms with Crippen LogP contribution < -0.4 is 5.32 Å². The summed E-state index contributed by atoms with van der Waals surface area (Å²) in [5.74, 6) is 0.0361. The van der Waals surface area contributed by atoms with E-state index in [9.17, 15) is 9.18 Å². The number of aromatic nitrogens is 3. The third kappa shape index (κ3) is 3.21. The molecule has 24 heavy (non-hydrogen) atoms. The van der Waals surface area contributed by atoms with Gasteiger partial charge in [-0.2, -0.15) is 0 Å². The first-order valence-corrected chi connectivity index (χ1v) is 8.25. The predicted octanol–water partition coefficient (Wildman–Crippen LogP) is 3.15. The maximum Gasteiger partial charge on any atom is 0.264 e. The van der Waals surface area contributed by atoms with Gasteiger partial charge < -0.3 is 9.88 Å². The van der Waals surface area contributed by atoms with Crippen molar-refractivity contribution in [3.05, 3.63) is 69.4 Å². The van der Waals surface area contributed by atoms with Gasteiger partial charge in [0.1, 0.15) is 22.6 Å². The van der Waals surface area contributed by atoms with Gasteiger partial charge in [-0.25, -0.2) is 14.4 Å². The Morgan fingerprint density at radius 3 is 2.75 bits per heavy atom. The van der Waals surface area contributed by atoms with Crippen molar-refractivity contribution in [1.82, 2.24) is 19.9 Å². The quantitative estimate of drug-likeness (QED) is 0.791. The Labute approximate surface area is 143 Å². The molecule has 0 aliphatic rings. The Bertz CT molecular complexity index is 886. The molecular formula is C17H17FN4OS. The van der Waals surface area contributed by atoms with E-state index in [1.165, 1.54) is 23.5 Å². The molecular weight excluding hydrogens is 327 g/mol. The maximum atomic E-state index is 13.6. The maximum absolute atomic E-state index is 13.6. The summed E-state index contributed by atoms with van der Waals surface area (Å²) in [6, 6.07) is 5.62. The lowest BCUT2D eigenvalue weighted by Gasteiger charge is -2.19. The zero-order valence-electron chi connectivity index (χ0n) is 13.6. The van der Waals surface area contributed by atoms with Gasteiger partial charge in [0.05, 0.1) is 10.7 Å². The normalized spacial score (nSPS) is 12.2. The van der Waals surface area contributed by atoms with Crippen molar-refractivity contribution in [2.75, 3.05) is 0 Å². The van der Waals surface area contributed by atoms with Gasteiger partial charge >= 0.3 is 0 Å². The van der Waals surface area contributed by atoms with Gasteiger partial charge in [0.2, 0.25) is 0 Å². The highest BCUT2D eigenvalue weighted by Gasteiger charge is 2.23. The number of hydrogen-bond acceptors (Lipinski definition) is 4. The summed E-state index contributed by atoms with van der Waals surface area (Å²) in [5.41, 5.74) is 1.32. The number of nitrogens with zero attached hydrogens (tertiary/aromatic N) is 3. The number of carbonyl (C=O) groups is 1. The average molecular weight is 344 g/mol. The minimum atomic E-state index is -0.546. The molecule has 0 bridgehead atoms. The highest BCUT2D eigenvalue weighted by Crippen LogP contribution is 2.24. The first-order chi connectivity index (χ1) is 11.5. The molecule has 0 fully saturated rings. The third-order valence-electron chi connectivity index (χ3n) is 3.68.